The average molecular weight is 237 g/mol. The zero-order valence-corrected chi connectivity index (χ0v) is 11.6. The second-order valence-corrected chi connectivity index (χ2v) is 6.03. The zero-order chi connectivity index (χ0) is 12.0. The summed E-state index contributed by atoms with van der Waals surface area (Å²) in [5.41, 5.74) is 1.36. The number of hydrogen-bond donors (Lipinski definition) is 1. The molecule has 1 rings (SSSR count). The minimum atomic E-state index is 0.550. The minimum absolute atomic E-state index is 0.550. The van der Waals surface area contributed by atoms with Crippen LogP contribution in [0.2, 0.25) is 0 Å². The third-order valence-corrected chi connectivity index (χ3v) is 3.83. The zero-order valence-electron chi connectivity index (χ0n) is 10.8. The van der Waals surface area contributed by atoms with E-state index in [1.165, 1.54) is 16.9 Å². The molecule has 0 heterocycles. The van der Waals surface area contributed by atoms with Gasteiger partial charge < -0.3 is 5.32 Å². The van der Waals surface area contributed by atoms with Gasteiger partial charge in [0.15, 0.2) is 0 Å². The fraction of sp³-hybridized carbons (Fsp3) is 0.571. The van der Waals surface area contributed by atoms with Crippen molar-refractivity contribution in [2.45, 2.75) is 56.8 Å². The number of nitrogens with one attached hydrogen (secondary N) is 1. The predicted octanol–water partition coefficient (Wildman–Crippen LogP) is 4.08. The van der Waals surface area contributed by atoms with Crippen LogP contribution in [0.1, 0.15) is 39.7 Å². The molecule has 1 unspecified atom stereocenters. The molecule has 0 aliphatic rings. The van der Waals surface area contributed by atoms with Gasteiger partial charge in [-0.05, 0) is 24.1 Å². The van der Waals surface area contributed by atoms with Gasteiger partial charge in [-0.3, -0.25) is 0 Å². The van der Waals surface area contributed by atoms with Gasteiger partial charge in [0, 0.05) is 22.7 Å². The summed E-state index contributed by atoms with van der Waals surface area (Å²) in [7, 11) is 0. The van der Waals surface area contributed by atoms with Crippen LogP contribution < -0.4 is 5.32 Å². The molecule has 2 heteroatoms. The smallest absolute Gasteiger partial charge is 0.0207 e. The van der Waals surface area contributed by atoms with Gasteiger partial charge in [-0.25, -0.2) is 0 Å². The lowest BCUT2D eigenvalue weighted by Crippen LogP contribution is -2.21. The van der Waals surface area contributed by atoms with Crippen molar-refractivity contribution in [3.8, 4) is 0 Å². The van der Waals surface area contributed by atoms with Crippen molar-refractivity contribution in [1.82, 2.24) is 5.32 Å². The number of rotatable bonds is 6. The van der Waals surface area contributed by atoms with Gasteiger partial charge in [0.25, 0.3) is 0 Å². The third-order valence-electron chi connectivity index (χ3n) is 2.55. The Bertz CT molecular complexity index is 292. The molecule has 0 aromatic heterocycles. The van der Waals surface area contributed by atoms with E-state index in [0.717, 1.165) is 6.54 Å². The maximum atomic E-state index is 3.43. The Morgan fingerprint density at radius 1 is 1.12 bits per heavy atom. The van der Waals surface area contributed by atoms with Crippen molar-refractivity contribution in [3.63, 3.8) is 0 Å². The second kappa shape index (κ2) is 6.97. The average Bonchev–Trinajstić information content (AvgIpc) is 2.28. The van der Waals surface area contributed by atoms with Crippen LogP contribution in [0.25, 0.3) is 0 Å². The molecule has 0 aliphatic heterocycles. The Morgan fingerprint density at radius 3 is 2.25 bits per heavy atom. The highest BCUT2D eigenvalue weighted by Gasteiger charge is 2.01. The van der Waals surface area contributed by atoms with Gasteiger partial charge in [-0.15, -0.1) is 11.8 Å². The van der Waals surface area contributed by atoms with Crippen molar-refractivity contribution in [2.75, 3.05) is 0 Å². The topological polar surface area (TPSA) is 12.0 Å². The molecule has 90 valence electrons. The first-order valence-corrected chi connectivity index (χ1v) is 6.98. The number of thioether (sulfide) groups is 1. The number of hydrogen-bond acceptors (Lipinski definition) is 2. The fourth-order valence-corrected chi connectivity index (χ4v) is 2.25. The molecule has 1 aromatic carbocycles. The highest BCUT2D eigenvalue weighted by atomic mass is 32.2. The molecule has 0 bridgehead atoms. The lowest BCUT2D eigenvalue weighted by atomic mass is 10.2. The summed E-state index contributed by atoms with van der Waals surface area (Å²) in [5.74, 6) is 0. The molecule has 16 heavy (non-hydrogen) atoms. The first-order chi connectivity index (χ1) is 7.61. The lowest BCUT2D eigenvalue weighted by molar-refractivity contribution is 0.588. The molecule has 0 saturated heterocycles. The van der Waals surface area contributed by atoms with Crippen molar-refractivity contribution >= 4 is 11.8 Å². The number of benzene rings is 1. The van der Waals surface area contributed by atoms with Gasteiger partial charge in [-0.1, -0.05) is 39.8 Å². The van der Waals surface area contributed by atoms with Crippen LogP contribution in [-0.4, -0.2) is 11.3 Å². The van der Waals surface area contributed by atoms with Gasteiger partial charge in [0.05, 0.1) is 0 Å². The van der Waals surface area contributed by atoms with Crippen LogP contribution in [0.5, 0.6) is 0 Å². The largest absolute Gasteiger partial charge is 0.310 e. The van der Waals surface area contributed by atoms with Gasteiger partial charge in [0.2, 0.25) is 0 Å². The van der Waals surface area contributed by atoms with E-state index in [2.05, 4.69) is 57.3 Å². The molecule has 0 amide bonds. The van der Waals surface area contributed by atoms with E-state index in [1.54, 1.807) is 0 Å². The SMILES string of the molecule is CCC(C)Sc1ccc(CNC(C)C)cc1. The maximum absolute atomic E-state index is 3.43. The molecular formula is C14H23NS. The quantitative estimate of drug-likeness (QED) is 0.748. The summed E-state index contributed by atoms with van der Waals surface area (Å²) < 4.78 is 0. The van der Waals surface area contributed by atoms with Crippen molar-refractivity contribution in [3.05, 3.63) is 29.8 Å². The summed E-state index contributed by atoms with van der Waals surface area (Å²) in [6.07, 6.45) is 1.22. The van der Waals surface area contributed by atoms with E-state index in [1.807, 2.05) is 11.8 Å². The van der Waals surface area contributed by atoms with E-state index in [0.29, 0.717) is 11.3 Å². The molecule has 1 aromatic rings. The summed E-state index contributed by atoms with van der Waals surface area (Å²) in [5, 5.41) is 4.13. The van der Waals surface area contributed by atoms with Crippen molar-refractivity contribution in [1.29, 1.82) is 0 Å². The third kappa shape index (κ3) is 5.04. The van der Waals surface area contributed by atoms with Gasteiger partial charge in [0.1, 0.15) is 0 Å². The van der Waals surface area contributed by atoms with Crippen LogP contribution in [0, 0.1) is 0 Å². The summed E-state index contributed by atoms with van der Waals surface area (Å²) >= 11 is 1.96. The molecule has 1 nitrogen and oxygen atoms in total. The van der Waals surface area contributed by atoms with Crippen LogP contribution in [0.4, 0.5) is 0 Å². The van der Waals surface area contributed by atoms with E-state index >= 15 is 0 Å². The van der Waals surface area contributed by atoms with Gasteiger partial charge in [-0.2, -0.15) is 0 Å². The highest BCUT2D eigenvalue weighted by Crippen LogP contribution is 2.24. The molecule has 0 aliphatic carbocycles. The van der Waals surface area contributed by atoms with E-state index in [-0.39, 0.29) is 0 Å². The molecule has 1 N–H and O–H groups in total. The van der Waals surface area contributed by atoms with Crippen molar-refractivity contribution < 1.29 is 0 Å². The predicted molar refractivity (Wildman–Crippen MR) is 74.0 cm³/mol. The Hall–Kier alpha value is -0.470. The second-order valence-electron chi connectivity index (χ2n) is 4.52. The van der Waals surface area contributed by atoms with Gasteiger partial charge >= 0.3 is 0 Å². The van der Waals surface area contributed by atoms with E-state index < -0.39 is 0 Å². The molecule has 0 saturated carbocycles. The Morgan fingerprint density at radius 2 is 1.75 bits per heavy atom. The highest BCUT2D eigenvalue weighted by molar-refractivity contribution is 7.99. The minimum Gasteiger partial charge on any atom is -0.310 e. The monoisotopic (exact) mass is 237 g/mol. The Labute approximate surface area is 104 Å². The Kier molecular flexibility index (Phi) is 5.93. The first-order valence-electron chi connectivity index (χ1n) is 6.10. The summed E-state index contributed by atoms with van der Waals surface area (Å²) in [6, 6.07) is 9.46. The van der Waals surface area contributed by atoms with E-state index in [4.69, 9.17) is 0 Å². The first kappa shape index (κ1) is 13.6. The molecule has 1 atom stereocenters. The maximum Gasteiger partial charge on any atom is 0.0207 e. The van der Waals surface area contributed by atoms with Crippen molar-refractivity contribution in [2.24, 2.45) is 0 Å². The lowest BCUT2D eigenvalue weighted by Gasteiger charge is -2.10. The van der Waals surface area contributed by atoms with E-state index in [9.17, 15) is 0 Å². The molecule has 0 radical (unpaired) electrons. The summed E-state index contributed by atoms with van der Waals surface area (Å²) in [6.45, 7) is 9.82. The Balaban J connectivity index is 2.47. The van der Waals surface area contributed by atoms with Crippen LogP contribution >= 0.6 is 11.8 Å². The van der Waals surface area contributed by atoms with Crippen LogP contribution in [0.3, 0.4) is 0 Å². The molecular weight excluding hydrogens is 214 g/mol. The van der Waals surface area contributed by atoms with Crippen LogP contribution in [0.15, 0.2) is 29.2 Å². The standard InChI is InChI=1S/C14H23NS/c1-5-12(4)16-14-8-6-13(7-9-14)10-15-11(2)3/h6-9,11-12,15H,5,10H2,1-4H3. The fourth-order valence-electron chi connectivity index (χ4n) is 1.32. The molecule has 0 fully saturated rings. The summed E-state index contributed by atoms with van der Waals surface area (Å²) in [4.78, 5) is 1.38. The molecule has 0 spiro atoms. The normalized spacial score (nSPS) is 13.1. The van der Waals surface area contributed by atoms with Crippen LogP contribution in [-0.2, 0) is 6.54 Å².